The third-order valence-corrected chi connectivity index (χ3v) is 4.88. The molecule has 0 aromatic heterocycles. The van der Waals surface area contributed by atoms with Crippen LogP contribution < -0.4 is 10.6 Å². The highest BCUT2D eigenvalue weighted by atomic mass is 127. The zero-order chi connectivity index (χ0) is 19.2. The average molecular weight is 502 g/mol. The van der Waals surface area contributed by atoms with Gasteiger partial charge in [-0.15, -0.1) is 24.0 Å². The first kappa shape index (κ1) is 25.2. The summed E-state index contributed by atoms with van der Waals surface area (Å²) in [6.45, 7) is 11.0. The van der Waals surface area contributed by atoms with Crippen LogP contribution in [0.5, 0.6) is 0 Å². The Labute approximate surface area is 188 Å². The standard InChI is InChI=1S/C22H38N4O.HI/c1-3-5-17-27-18-9-14-24-22(23-4-2)25-21-12-15-26(16-13-21)19-20-10-7-6-8-11-20;/h6-8,10-11,21H,3-5,9,12-19H2,1-2H3,(H2,23,24,25);1H. The van der Waals surface area contributed by atoms with Crippen molar-refractivity contribution >= 4 is 29.9 Å². The van der Waals surface area contributed by atoms with Gasteiger partial charge in [-0.1, -0.05) is 43.7 Å². The van der Waals surface area contributed by atoms with E-state index in [1.807, 2.05) is 0 Å². The Balaban J connectivity index is 0.00000392. The third kappa shape index (κ3) is 10.6. The van der Waals surface area contributed by atoms with Gasteiger partial charge in [0.05, 0.1) is 0 Å². The second kappa shape index (κ2) is 16.0. The summed E-state index contributed by atoms with van der Waals surface area (Å²) in [6, 6.07) is 11.3. The van der Waals surface area contributed by atoms with E-state index >= 15 is 0 Å². The highest BCUT2D eigenvalue weighted by Gasteiger charge is 2.19. The monoisotopic (exact) mass is 502 g/mol. The number of likely N-dealkylation sites (tertiary alicyclic amines) is 1. The Morgan fingerprint density at radius 3 is 2.50 bits per heavy atom. The van der Waals surface area contributed by atoms with Crippen LogP contribution in [0.2, 0.25) is 0 Å². The lowest BCUT2D eigenvalue weighted by atomic mass is 10.0. The van der Waals surface area contributed by atoms with E-state index in [9.17, 15) is 0 Å². The van der Waals surface area contributed by atoms with Crippen molar-refractivity contribution in [2.75, 3.05) is 39.4 Å². The van der Waals surface area contributed by atoms with Gasteiger partial charge in [-0.25, -0.2) is 0 Å². The zero-order valence-corrected chi connectivity index (χ0v) is 20.0. The fourth-order valence-corrected chi connectivity index (χ4v) is 3.30. The van der Waals surface area contributed by atoms with Gasteiger partial charge in [0.1, 0.15) is 0 Å². The minimum atomic E-state index is 0. The average Bonchev–Trinajstić information content (AvgIpc) is 2.69. The summed E-state index contributed by atoms with van der Waals surface area (Å²) in [7, 11) is 0. The minimum Gasteiger partial charge on any atom is -0.381 e. The van der Waals surface area contributed by atoms with E-state index in [0.29, 0.717) is 6.04 Å². The number of unbranched alkanes of at least 4 members (excludes halogenated alkanes) is 1. The number of benzene rings is 1. The molecule has 0 atom stereocenters. The van der Waals surface area contributed by atoms with E-state index in [1.54, 1.807) is 0 Å². The molecule has 6 heteroatoms. The molecule has 0 aliphatic carbocycles. The zero-order valence-electron chi connectivity index (χ0n) is 17.7. The van der Waals surface area contributed by atoms with Gasteiger partial charge in [-0.3, -0.25) is 9.89 Å². The number of aliphatic imine (C=N–C) groups is 1. The van der Waals surface area contributed by atoms with Crippen LogP contribution in [0, 0.1) is 0 Å². The van der Waals surface area contributed by atoms with Crippen molar-refractivity contribution in [2.24, 2.45) is 4.99 Å². The van der Waals surface area contributed by atoms with Gasteiger partial charge < -0.3 is 15.4 Å². The fraction of sp³-hybridized carbons (Fsp3) is 0.682. The van der Waals surface area contributed by atoms with Crippen LogP contribution in [-0.4, -0.2) is 56.3 Å². The second-order valence-corrected chi connectivity index (χ2v) is 7.26. The summed E-state index contributed by atoms with van der Waals surface area (Å²) in [6.07, 6.45) is 5.65. The number of nitrogens with zero attached hydrogens (tertiary/aromatic N) is 2. The molecule has 0 spiro atoms. The van der Waals surface area contributed by atoms with E-state index in [0.717, 1.165) is 77.6 Å². The number of halogens is 1. The van der Waals surface area contributed by atoms with Crippen LogP contribution in [0.4, 0.5) is 0 Å². The highest BCUT2D eigenvalue weighted by molar-refractivity contribution is 14.0. The molecule has 1 fully saturated rings. The van der Waals surface area contributed by atoms with E-state index in [1.165, 1.54) is 12.0 Å². The molecular weight excluding hydrogens is 463 g/mol. The lowest BCUT2D eigenvalue weighted by Crippen LogP contribution is -2.48. The first-order valence-corrected chi connectivity index (χ1v) is 10.7. The van der Waals surface area contributed by atoms with E-state index in [-0.39, 0.29) is 24.0 Å². The van der Waals surface area contributed by atoms with Crippen molar-refractivity contribution in [3.8, 4) is 0 Å². The van der Waals surface area contributed by atoms with Gasteiger partial charge in [0.15, 0.2) is 5.96 Å². The van der Waals surface area contributed by atoms with Crippen molar-refractivity contribution in [1.29, 1.82) is 0 Å². The highest BCUT2D eigenvalue weighted by Crippen LogP contribution is 2.13. The van der Waals surface area contributed by atoms with Crippen LogP contribution in [0.3, 0.4) is 0 Å². The summed E-state index contributed by atoms with van der Waals surface area (Å²) in [5, 5.41) is 7.00. The summed E-state index contributed by atoms with van der Waals surface area (Å²) in [5.74, 6) is 0.951. The Kier molecular flexibility index (Phi) is 14.4. The Morgan fingerprint density at radius 1 is 1.11 bits per heavy atom. The van der Waals surface area contributed by atoms with E-state index < -0.39 is 0 Å². The summed E-state index contributed by atoms with van der Waals surface area (Å²) >= 11 is 0. The molecule has 0 radical (unpaired) electrons. The molecule has 2 N–H and O–H groups in total. The number of ether oxygens (including phenoxy) is 1. The molecular formula is C22H39IN4O. The number of guanidine groups is 1. The molecule has 1 aromatic carbocycles. The van der Waals surface area contributed by atoms with Crippen LogP contribution in [-0.2, 0) is 11.3 Å². The van der Waals surface area contributed by atoms with Crippen LogP contribution in [0.25, 0.3) is 0 Å². The molecule has 0 saturated carbocycles. The lowest BCUT2D eigenvalue weighted by molar-refractivity contribution is 0.130. The summed E-state index contributed by atoms with van der Waals surface area (Å²) in [4.78, 5) is 7.26. The summed E-state index contributed by atoms with van der Waals surface area (Å²) in [5.41, 5.74) is 1.40. The smallest absolute Gasteiger partial charge is 0.191 e. The van der Waals surface area contributed by atoms with Gasteiger partial charge in [0.2, 0.25) is 0 Å². The molecule has 0 bridgehead atoms. The number of hydrogen-bond acceptors (Lipinski definition) is 3. The largest absolute Gasteiger partial charge is 0.381 e. The van der Waals surface area contributed by atoms with Gasteiger partial charge in [-0.2, -0.15) is 0 Å². The normalized spacial score (nSPS) is 15.9. The lowest BCUT2D eigenvalue weighted by Gasteiger charge is -2.33. The first-order chi connectivity index (χ1) is 13.3. The van der Waals surface area contributed by atoms with Gasteiger partial charge in [-0.05, 0) is 38.2 Å². The van der Waals surface area contributed by atoms with Crippen LogP contribution >= 0.6 is 24.0 Å². The number of piperidine rings is 1. The number of hydrogen-bond donors (Lipinski definition) is 2. The fourth-order valence-electron chi connectivity index (χ4n) is 3.30. The Morgan fingerprint density at radius 2 is 1.82 bits per heavy atom. The minimum absolute atomic E-state index is 0. The van der Waals surface area contributed by atoms with Gasteiger partial charge in [0.25, 0.3) is 0 Å². The van der Waals surface area contributed by atoms with Gasteiger partial charge >= 0.3 is 0 Å². The van der Waals surface area contributed by atoms with E-state index in [4.69, 9.17) is 9.73 Å². The molecule has 1 heterocycles. The van der Waals surface area contributed by atoms with Crippen molar-refractivity contribution < 1.29 is 4.74 Å². The topological polar surface area (TPSA) is 48.9 Å². The maximum absolute atomic E-state index is 5.61. The molecule has 160 valence electrons. The molecule has 5 nitrogen and oxygen atoms in total. The molecule has 0 amide bonds. The third-order valence-electron chi connectivity index (χ3n) is 4.88. The van der Waals surface area contributed by atoms with Crippen LogP contribution in [0.15, 0.2) is 35.3 Å². The van der Waals surface area contributed by atoms with Crippen molar-refractivity contribution in [1.82, 2.24) is 15.5 Å². The quantitative estimate of drug-likeness (QED) is 0.208. The molecule has 1 aromatic rings. The first-order valence-electron chi connectivity index (χ1n) is 10.7. The Hall–Kier alpha value is -0.860. The predicted octanol–water partition coefficient (Wildman–Crippen LogP) is 4.03. The van der Waals surface area contributed by atoms with E-state index in [2.05, 4.69) is 59.7 Å². The molecule has 2 rings (SSSR count). The van der Waals surface area contributed by atoms with Crippen molar-refractivity contribution in [2.45, 2.75) is 58.5 Å². The van der Waals surface area contributed by atoms with Crippen molar-refractivity contribution in [3.63, 3.8) is 0 Å². The van der Waals surface area contributed by atoms with Gasteiger partial charge in [0, 0.05) is 52.0 Å². The number of nitrogens with one attached hydrogen (secondary N) is 2. The molecule has 1 saturated heterocycles. The summed E-state index contributed by atoms with van der Waals surface area (Å²) < 4.78 is 5.61. The maximum Gasteiger partial charge on any atom is 0.191 e. The predicted molar refractivity (Wildman–Crippen MR) is 130 cm³/mol. The second-order valence-electron chi connectivity index (χ2n) is 7.26. The SMILES string of the molecule is CCCCOCCCN=C(NCC)NC1CCN(Cc2ccccc2)CC1.I. The maximum atomic E-state index is 5.61. The Bertz CT molecular complexity index is 519. The van der Waals surface area contributed by atoms with Crippen LogP contribution in [0.1, 0.15) is 51.5 Å². The molecule has 1 aliphatic rings. The molecule has 28 heavy (non-hydrogen) atoms. The van der Waals surface area contributed by atoms with Crippen molar-refractivity contribution in [3.05, 3.63) is 35.9 Å². The molecule has 0 unspecified atom stereocenters. The number of rotatable bonds is 11. The molecule has 1 aliphatic heterocycles.